The van der Waals surface area contributed by atoms with Crippen LogP contribution < -0.4 is 0 Å². The average molecular weight is 360 g/mol. The number of nitrogens with zero attached hydrogens (tertiary/aromatic N) is 1. The molecule has 0 spiro atoms. The van der Waals surface area contributed by atoms with Crippen LogP contribution in [0.25, 0.3) is 11.6 Å². The molecule has 3 aromatic rings. The van der Waals surface area contributed by atoms with E-state index in [0.29, 0.717) is 0 Å². The van der Waals surface area contributed by atoms with E-state index in [1.807, 2.05) is 12.1 Å². The van der Waals surface area contributed by atoms with Gasteiger partial charge in [-0.1, -0.05) is 76.6 Å². The van der Waals surface area contributed by atoms with E-state index in [0.717, 1.165) is 21.4 Å². The van der Waals surface area contributed by atoms with Gasteiger partial charge in [-0.15, -0.1) is 0 Å². The molecule has 0 aromatic heterocycles. The highest BCUT2D eigenvalue weighted by Gasteiger charge is 2.21. The van der Waals surface area contributed by atoms with Crippen molar-refractivity contribution in [2.45, 2.75) is 0 Å². The number of halogens is 1. The van der Waals surface area contributed by atoms with Crippen molar-refractivity contribution in [1.82, 2.24) is 0 Å². The summed E-state index contributed by atoms with van der Waals surface area (Å²) in [6.07, 6.45) is 2.21. The van der Waals surface area contributed by atoms with Crippen LogP contribution >= 0.6 is 15.9 Å². The van der Waals surface area contributed by atoms with E-state index in [4.69, 9.17) is 4.99 Å². The van der Waals surface area contributed by atoms with Crippen LogP contribution in [0.5, 0.6) is 0 Å². The first-order valence-corrected chi connectivity index (χ1v) is 8.32. The number of para-hydroxylation sites is 1. The molecule has 0 saturated carbocycles. The highest BCUT2D eigenvalue weighted by molar-refractivity contribution is 9.10. The van der Waals surface area contributed by atoms with Gasteiger partial charge in [-0.05, 0) is 29.8 Å². The Bertz CT molecular complexity index is 906. The van der Waals surface area contributed by atoms with Crippen LogP contribution in [-0.4, -0.2) is 5.71 Å². The number of benzene rings is 3. The van der Waals surface area contributed by atoms with Crippen molar-refractivity contribution in [3.05, 3.63) is 100 Å². The molecule has 110 valence electrons. The number of rotatable bonds is 2. The summed E-state index contributed by atoms with van der Waals surface area (Å²) in [5.41, 5.74) is 6.74. The molecule has 0 amide bonds. The molecule has 23 heavy (non-hydrogen) atoms. The molecule has 2 heteroatoms. The fourth-order valence-corrected chi connectivity index (χ4v) is 3.06. The highest BCUT2D eigenvalue weighted by Crippen LogP contribution is 2.38. The quantitative estimate of drug-likeness (QED) is 0.522. The molecular weight excluding hydrogens is 346 g/mol. The molecule has 0 saturated heterocycles. The summed E-state index contributed by atoms with van der Waals surface area (Å²) in [7, 11) is 0. The van der Waals surface area contributed by atoms with Gasteiger partial charge < -0.3 is 0 Å². The average Bonchev–Trinajstić information content (AvgIpc) is 2.95. The van der Waals surface area contributed by atoms with Crippen molar-refractivity contribution in [3.8, 4) is 0 Å². The maximum Gasteiger partial charge on any atom is 0.0788 e. The first-order chi connectivity index (χ1) is 11.3. The van der Waals surface area contributed by atoms with Crippen molar-refractivity contribution < 1.29 is 0 Å². The van der Waals surface area contributed by atoms with Crippen molar-refractivity contribution in [2.75, 3.05) is 0 Å². The normalized spacial score (nSPS) is 14.7. The third-order valence-corrected chi connectivity index (χ3v) is 4.44. The summed E-state index contributed by atoms with van der Waals surface area (Å²) >= 11 is 3.50. The molecule has 0 fully saturated rings. The molecule has 3 aromatic carbocycles. The van der Waals surface area contributed by atoms with Crippen molar-refractivity contribution in [3.63, 3.8) is 0 Å². The van der Waals surface area contributed by atoms with Gasteiger partial charge in [0, 0.05) is 21.2 Å². The maximum absolute atomic E-state index is 4.86. The number of aliphatic imine (C=N–C) groups is 1. The maximum atomic E-state index is 4.86. The minimum Gasteiger partial charge on any atom is -0.247 e. The van der Waals surface area contributed by atoms with E-state index in [1.54, 1.807) is 0 Å². The van der Waals surface area contributed by atoms with E-state index in [-0.39, 0.29) is 0 Å². The van der Waals surface area contributed by atoms with Crippen LogP contribution in [0.4, 0.5) is 5.69 Å². The highest BCUT2D eigenvalue weighted by atomic mass is 79.9. The third-order valence-electron chi connectivity index (χ3n) is 3.91. The molecule has 0 aliphatic carbocycles. The van der Waals surface area contributed by atoms with Gasteiger partial charge in [0.15, 0.2) is 0 Å². The van der Waals surface area contributed by atoms with Gasteiger partial charge in [0.05, 0.1) is 11.4 Å². The number of hydrogen-bond acceptors (Lipinski definition) is 1. The van der Waals surface area contributed by atoms with Crippen LogP contribution in [0.15, 0.2) is 88.3 Å². The predicted molar refractivity (Wildman–Crippen MR) is 101 cm³/mol. The molecule has 0 N–H and O–H groups in total. The van der Waals surface area contributed by atoms with Crippen LogP contribution in [0.1, 0.15) is 16.7 Å². The summed E-state index contributed by atoms with van der Waals surface area (Å²) in [6, 6.07) is 27.0. The molecule has 1 aliphatic heterocycles. The van der Waals surface area contributed by atoms with Gasteiger partial charge in [-0.25, -0.2) is 4.99 Å². The van der Waals surface area contributed by atoms with E-state index in [2.05, 4.69) is 88.7 Å². The summed E-state index contributed by atoms with van der Waals surface area (Å²) in [5, 5.41) is 0. The van der Waals surface area contributed by atoms with Crippen molar-refractivity contribution in [1.29, 1.82) is 0 Å². The minimum absolute atomic E-state index is 1.03. The van der Waals surface area contributed by atoms with Crippen molar-refractivity contribution >= 4 is 39.0 Å². The molecule has 1 aliphatic rings. The first kappa shape index (κ1) is 14.2. The number of fused-ring (bicyclic) bond motifs is 1. The molecule has 1 nitrogen and oxygen atoms in total. The first-order valence-electron chi connectivity index (χ1n) is 7.52. The molecule has 4 rings (SSSR count). The van der Waals surface area contributed by atoms with E-state index in [9.17, 15) is 0 Å². The SMILES string of the molecule is Brc1ccc(C2=Nc3ccccc3/C2=C/c2ccccc2)cc1. The molecule has 1 heterocycles. The largest absolute Gasteiger partial charge is 0.247 e. The standard InChI is InChI=1S/C21H14BrN/c22-17-12-10-16(11-13-17)21-19(14-15-6-2-1-3-7-15)18-8-4-5-9-20(18)23-21/h1-14H/b19-14-. The van der Waals surface area contributed by atoms with E-state index >= 15 is 0 Å². The van der Waals surface area contributed by atoms with Crippen LogP contribution in [0.3, 0.4) is 0 Å². The van der Waals surface area contributed by atoms with Gasteiger partial charge in [0.25, 0.3) is 0 Å². The van der Waals surface area contributed by atoms with Crippen LogP contribution in [-0.2, 0) is 0 Å². The molecule has 0 radical (unpaired) electrons. The van der Waals surface area contributed by atoms with E-state index in [1.165, 1.54) is 16.7 Å². The van der Waals surface area contributed by atoms with Crippen molar-refractivity contribution in [2.24, 2.45) is 4.99 Å². The fourth-order valence-electron chi connectivity index (χ4n) is 2.80. The number of hydrogen-bond donors (Lipinski definition) is 0. The molecule has 0 unspecified atom stereocenters. The lowest BCUT2D eigenvalue weighted by Crippen LogP contribution is -1.99. The van der Waals surface area contributed by atoms with Crippen LogP contribution in [0.2, 0.25) is 0 Å². The minimum atomic E-state index is 1.03. The number of allylic oxidation sites excluding steroid dienone is 1. The van der Waals surface area contributed by atoms with Gasteiger partial charge in [0.1, 0.15) is 0 Å². The molecular formula is C21H14BrN. The predicted octanol–water partition coefficient (Wildman–Crippen LogP) is 6.12. The lowest BCUT2D eigenvalue weighted by Gasteiger charge is -2.06. The molecule has 0 atom stereocenters. The summed E-state index contributed by atoms with van der Waals surface area (Å²) in [6.45, 7) is 0. The second kappa shape index (κ2) is 5.98. The zero-order valence-corrected chi connectivity index (χ0v) is 14.0. The topological polar surface area (TPSA) is 12.4 Å². The monoisotopic (exact) mass is 359 g/mol. The van der Waals surface area contributed by atoms with E-state index < -0.39 is 0 Å². The van der Waals surface area contributed by atoms with Crippen LogP contribution in [0, 0.1) is 0 Å². The Morgan fingerprint density at radius 1 is 0.739 bits per heavy atom. The zero-order valence-electron chi connectivity index (χ0n) is 12.4. The Kier molecular flexibility index (Phi) is 3.68. The van der Waals surface area contributed by atoms with Gasteiger partial charge in [-0.2, -0.15) is 0 Å². The lowest BCUT2D eigenvalue weighted by molar-refractivity contribution is 1.53. The Balaban J connectivity index is 1.87. The third kappa shape index (κ3) is 2.78. The Labute approximate surface area is 144 Å². The Morgan fingerprint density at radius 2 is 1.43 bits per heavy atom. The van der Waals surface area contributed by atoms with Gasteiger partial charge in [0.2, 0.25) is 0 Å². The summed E-state index contributed by atoms with van der Waals surface area (Å²) < 4.78 is 1.07. The summed E-state index contributed by atoms with van der Waals surface area (Å²) in [5.74, 6) is 0. The Morgan fingerprint density at radius 3 is 2.22 bits per heavy atom. The molecule has 0 bridgehead atoms. The van der Waals surface area contributed by atoms with Gasteiger partial charge >= 0.3 is 0 Å². The fraction of sp³-hybridized carbons (Fsp3) is 0. The lowest BCUT2D eigenvalue weighted by atomic mass is 9.96. The zero-order chi connectivity index (χ0) is 15.6. The second-order valence-corrected chi connectivity index (χ2v) is 6.37. The summed E-state index contributed by atoms with van der Waals surface area (Å²) in [4.78, 5) is 4.86. The van der Waals surface area contributed by atoms with Gasteiger partial charge in [-0.3, -0.25) is 0 Å². The Hall–Kier alpha value is -2.45. The second-order valence-electron chi connectivity index (χ2n) is 5.45. The smallest absolute Gasteiger partial charge is 0.0788 e.